The van der Waals surface area contributed by atoms with Gasteiger partial charge in [0.05, 0.1) is 0 Å². The molecule has 1 N–H and O–H groups in total. The highest BCUT2D eigenvalue weighted by Gasteiger charge is 2.45. The molecular weight excluding hydrogens is 297 g/mol. The van der Waals surface area contributed by atoms with Crippen LogP contribution in [0.5, 0.6) is 0 Å². The summed E-state index contributed by atoms with van der Waals surface area (Å²) in [5.74, 6) is -0.187. The molecule has 22 heavy (non-hydrogen) atoms. The Balaban J connectivity index is 1.76. The van der Waals surface area contributed by atoms with Gasteiger partial charge in [-0.25, -0.2) is 4.39 Å². The van der Waals surface area contributed by atoms with Crippen LogP contribution in [0.2, 0.25) is 0 Å². The summed E-state index contributed by atoms with van der Waals surface area (Å²) in [5, 5.41) is 3.63. The lowest BCUT2D eigenvalue weighted by Gasteiger charge is -2.24. The third-order valence-corrected chi connectivity index (χ3v) is 5.27. The zero-order valence-electron chi connectivity index (χ0n) is 12.8. The van der Waals surface area contributed by atoms with Crippen molar-refractivity contribution in [2.24, 2.45) is 0 Å². The van der Waals surface area contributed by atoms with E-state index in [1.807, 2.05) is 30.3 Å². The highest BCUT2D eigenvalue weighted by Crippen LogP contribution is 2.47. The number of rotatable bonds is 5. The van der Waals surface area contributed by atoms with Crippen molar-refractivity contribution in [3.05, 3.63) is 65.5 Å². The standard InChI is InChI=1S/C18H20FNOS/c1-13(14-6-8-17(9-7-14)22(2)21)20-18(10-11-18)15-4-3-5-16(19)12-15/h3-9,12-13,20H,10-11H2,1-2H3/t13-,22-/m0/s1. The van der Waals surface area contributed by atoms with E-state index in [0.29, 0.717) is 0 Å². The van der Waals surface area contributed by atoms with Crippen LogP contribution in [-0.2, 0) is 16.3 Å². The topological polar surface area (TPSA) is 29.1 Å². The number of hydrogen-bond acceptors (Lipinski definition) is 2. The van der Waals surface area contributed by atoms with Crippen LogP contribution >= 0.6 is 0 Å². The van der Waals surface area contributed by atoms with Gasteiger partial charge in [-0.3, -0.25) is 4.21 Å². The summed E-state index contributed by atoms with van der Waals surface area (Å²) in [6, 6.07) is 14.8. The van der Waals surface area contributed by atoms with E-state index in [-0.39, 0.29) is 17.4 Å². The third-order valence-electron chi connectivity index (χ3n) is 4.33. The Hall–Kier alpha value is -1.52. The van der Waals surface area contributed by atoms with Gasteiger partial charge in [-0.15, -0.1) is 0 Å². The van der Waals surface area contributed by atoms with E-state index < -0.39 is 10.8 Å². The van der Waals surface area contributed by atoms with Crippen LogP contribution in [0.25, 0.3) is 0 Å². The van der Waals surface area contributed by atoms with Crippen LogP contribution in [0.4, 0.5) is 4.39 Å². The Morgan fingerprint density at radius 3 is 2.41 bits per heavy atom. The highest BCUT2D eigenvalue weighted by molar-refractivity contribution is 7.84. The fourth-order valence-electron chi connectivity index (χ4n) is 2.87. The Kier molecular flexibility index (Phi) is 4.15. The maximum atomic E-state index is 13.4. The molecular formula is C18H20FNOS. The van der Waals surface area contributed by atoms with Crippen LogP contribution < -0.4 is 5.32 Å². The van der Waals surface area contributed by atoms with Crippen LogP contribution in [-0.4, -0.2) is 10.5 Å². The summed E-state index contributed by atoms with van der Waals surface area (Å²) in [4.78, 5) is 0.835. The van der Waals surface area contributed by atoms with Gasteiger partial charge in [0.25, 0.3) is 0 Å². The average molecular weight is 317 g/mol. The minimum absolute atomic E-state index is 0.103. The molecule has 2 nitrogen and oxygen atoms in total. The van der Waals surface area contributed by atoms with Gasteiger partial charge in [0.2, 0.25) is 0 Å². The summed E-state index contributed by atoms with van der Waals surface area (Å²) in [5.41, 5.74) is 2.07. The first kappa shape index (κ1) is 15.4. The monoisotopic (exact) mass is 317 g/mol. The molecule has 0 aromatic heterocycles. The molecule has 0 amide bonds. The molecule has 0 bridgehead atoms. The van der Waals surface area contributed by atoms with E-state index in [1.165, 1.54) is 6.07 Å². The highest BCUT2D eigenvalue weighted by atomic mass is 32.2. The molecule has 4 heteroatoms. The van der Waals surface area contributed by atoms with Crippen molar-refractivity contribution in [2.45, 2.75) is 36.2 Å². The Morgan fingerprint density at radius 1 is 1.18 bits per heavy atom. The molecule has 116 valence electrons. The molecule has 0 saturated heterocycles. The second-order valence-electron chi connectivity index (χ2n) is 5.98. The minimum atomic E-state index is -0.952. The molecule has 0 radical (unpaired) electrons. The molecule has 1 saturated carbocycles. The number of halogens is 1. The molecule has 1 fully saturated rings. The van der Waals surface area contributed by atoms with Gasteiger partial charge in [-0.2, -0.15) is 0 Å². The summed E-state index contributed by atoms with van der Waals surface area (Å²) in [6.45, 7) is 2.11. The lowest BCUT2D eigenvalue weighted by atomic mass is 10.0. The van der Waals surface area contributed by atoms with E-state index in [2.05, 4.69) is 12.2 Å². The van der Waals surface area contributed by atoms with Crippen molar-refractivity contribution in [3.8, 4) is 0 Å². The maximum Gasteiger partial charge on any atom is 0.123 e. The van der Waals surface area contributed by atoms with E-state index in [4.69, 9.17) is 0 Å². The summed E-state index contributed by atoms with van der Waals surface area (Å²) < 4.78 is 24.9. The van der Waals surface area contributed by atoms with E-state index in [1.54, 1.807) is 18.4 Å². The first-order valence-electron chi connectivity index (χ1n) is 7.47. The quantitative estimate of drug-likeness (QED) is 0.906. The Labute approximate surface area is 133 Å². The third kappa shape index (κ3) is 3.13. The molecule has 1 aliphatic rings. The van der Waals surface area contributed by atoms with Gasteiger partial charge < -0.3 is 5.32 Å². The largest absolute Gasteiger partial charge is 0.301 e. The van der Waals surface area contributed by atoms with Crippen molar-refractivity contribution in [2.75, 3.05) is 6.26 Å². The van der Waals surface area contributed by atoms with Crippen LogP contribution in [0, 0.1) is 5.82 Å². The first-order chi connectivity index (χ1) is 10.5. The van der Waals surface area contributed by atoms with Crippen LogP contribution in [0.15, 0.2) is 53.4 Å². The Morgan fingerprint density at radius 2 is 1.86 bits per heavy atom. The summed E-state index contributed by atoms with van der Waals surface area (Å²) >= 11 is 0. The summed E-state index contributed by atoms with van der Waals surface area (Å²) in [6.07, 6.45) is 3.73. The van der Waals surface area contributed by atoms with Gasteiger partial charge in [0.15, 0.2) is 0 Å². The molecule has 0 spiro atoms. The molecule has 2 atom stereocenters. The van der Waals surface area contributed by atoms with Gasteiger partial charge in [-0.05, 0) is 55.2 Å². The predicted octanol–water partition coefficient (Wildman–Crippen LogP) is 3.90. The van der Waals surface area contributed by atoms with Gasteiger partial charge >= 0.3 is 0 Å². The normalized spacial score (nSPS) is 18.7. The molecule has 0 heterocycles. The molecule has 3 rings (SSSR count). The van der Waals surface area contributed by atoms with Crippen molar-refractivity contribution >= 4 is 10.8 Å². The van der Waals surface area contributed by atoms with E-state index >= 15 is 0 Å². The van der Waals surface area contributed by atoms with E-state index in [9.17, 15) is 8.60 Å². The average Bonchev–Trinajstić information content (AvgIpc) is 3.28. The van der Waals surface area contributed by atoms with Gasteiger partial charge in [-0.1, -0.05) is 24.3 Å². The van der Waals surface area contributed by atoms with Crippen molar-refractivity contribution < 1.29 is 8.60 Å². The fraction of sp³-hybridized carbons (Fsp3) is 0.333. The molecule has 2 aromatic carbocycles. The first-order valence-corrected chi connectivity index (χ1v) is 9.03. The van der Waals surface area contributed by atoms with Gasteiger partial charge in [0.1, 0.15) is 5.82 Å². The fourth-order valence-corrected chi connectivity index (χ4v) is 3.39. The molecule has 0 aliphatic heterocycles. The van der Waals surface area contributed by atoms with Crippen molar-refractivity contribution in [1.29, 1.82) is 0 Å². The Bertz CT molecular complexity index is 694. The van der Waals surface area contributed by atoms with Crippen molar-refractivity contribution in [3.63, 3.8) is 0 Å². The molecule has 2 aromatic rings. The smallest absolute Gasteiger partial charge is 0.123 e. The lowest BCUT2D eigenvalue weighted by molar-refractivity contribution is 0.448. The zero-order valence-corrected chi connectivity index (χ0v) is 13.6. The summed E-state index contributed by atoms with van der Waals surface area (Å²) in [7, 11) is -0.952. The second kappa shape index (κ2) is 5.94. The van der Waals surface area contributed by atoms with Crippen molar-refractivity contribution in [1.82, 2.24) is 5.32 Å². The second-order valence-corrected chi connectivity index (χ2v) is 7.36. The number of hydrogen-bond donors (Lipinski definition) is 1. The molecule has 1 aliphatic carbocycles. The van der Waals surface area contributed by atoms with Crippen LogP contribution in [0.1, 0.15) is 36.9 Å². The lowest BCUT2D eigenvalue weighted by Crippen LogP contribution is -2.31. The van der Waals surface area contributed by atoms with Crippen LogP contribution in [0.3, 0.4) is 0 Å². The number of nitrogens with one attached hydrogen (secondary N) is 1. The minimum Gasteiger partial charge on any atom is -0.301 e. The van der Waals surface area contributed by atoms with E-state index in [0.717, 1.165) is 28.9 Å². The SMILES string of the molecule is C[C@H](NC1(c2cccc(F)c2)CC1)c1ccc([S@](C)=O)cc1. The predicted molar refractivity (Wildman–Crippen MR) is 87.6 cm³/mol. The maximum absolute atomic E-state index is 13.4. The van der Waals surface area contributed by atoms with Gasteiger partial charge in [0, 0.05) is 33.5 Å². The zero-order chi connectivity index (χ0) is 15.7. The number of benzene rings is 2. The molecule has 0 unspecified atom stereocenters.